The minimum atomic E-state index is -0.369. The number of carbonyl (C=O) groups excluding carboxylic acids is 1. The molecule has 5 rings (SSSR count). The zero-order valence-corrected chi connectivity index (χ0v) is 18.3. The summed E-state index contributed by atoms with van der Waals surface area (Å²) in [5.74, 6) is 0.847. The van der Waals surface area contributed by atoms with Gasteiger partial charge in [0, 0.05) is 5.56 Å². The zero-order chi connectivity index (χ0) is 22.1. The molecule has 33 heavy (non-hydrogen) atoms. The third kappa shape index (κ3) is 4.04. The lowest BCUT2D eigenvalue weighted by Gasteiger charge is -2.07. The van der Waals surface area contributed by atoms with E-state index in [9.17, 15) is 4.79 Å². The van der Waals surface area contributed by atoms with E-state index in [2.05, 4.69) is 51.1 Å². The van der Waals surface area contributed by atoms with Crippen molar-refractivity contribution in [2.75, 3.05) is 14.2 Å². The first-order valence-electron chi connectivity index (χ1n) is 10.3. The van der Waals surface area contributed by atoms with Crippen molar-refractivity contribution >= 4 is 22.9 Å². The number of benzene rings is 3. The molecule has 0 atom stereocenters. The largest absolute Gasteiger partial charge is 0.493 e. The van der Waals surface area contributed by atoms with Crippen LogP contribution in [0.4, 0.5) is 0 Å². The predicted octanol–water partition coefficient (Wildman–Crippen LogP) is 3.28. The fourth-order valence-corrected chi connectivity index (χ4v) is 4.20. The Kier molecular flexibility index (Phi) is 6.10. The van der Waals surface area contributed by atoms with Crippen molar-refractivity contribution in [2.45, 2.75) is 12.8 Å². The molecule has 1 aliphatic carbocycles. The van der Waals surface area contributed by atoms with Crippen molar-refractivity contribution in [3.8, 4) is 22.8 Å². The molecule has 1 aliphatic rings. The molecule has 0 bridgehead atoms. The number of aromatic amines is 1. The summed E-state index contributed by atoms with van der Waals surface area (Å²) in [6, 6.07) is 17.8. The lowest BCUT2D eigenvalue weighted by molar-refractivity contribution is 0.0950. The van der Waals surface area contributed by atoms with E-state index in [-0.39, 0.29) is 11.4 Å². The molecule has 0 aliphatic heterocycles. The topological polar surface area (TPSA) is 120 Å². The average molecular weight is 444 g/mol. The van der Waals surface area contributed by atoms with E-state index in [0.717, 1.165) is 29.7 Å². The summed E-state index contributed by atoms with van der Waals surface area (Å²) in [5.41, 5.74) is 8.12. The van der Waals surface area contributed by atoms with Gasteiger partial charge in [-0.15, -0.1) is 0 Å². The first-order chi connectivity index (χ1) is 15.7. The number of hydrazone groups is 1. The summed E-state index contributed by atoms with van der Waals surface area (Å²) in [5, 5.41) is 13.7. The minimum absolute atomic E-state index is 0. The number of hydrogen-bond acceptors (Lipinski definition) is 5. The molecular formula is C25H24N4O4. The Labute approximate surface area is 190 Å². The van der Waals surface area contributed by atoms with Crippen LogP contribution in [0.25, 0.3) is 22.0 Å². The highest BCUT2D eigenvalue weighted by molar-refractivity contribution is 6.02. The normalized spacial score (nSPS) is 12.1. The first-order valence-corrected chi connectivity index (χ1v) is 10.3. The van der Waals surface area contributed by atoms with Crippen LogP contribution >= 0.6 is 0 Å². The number of ether oxygens (including phenoxy) is 2. The fourth-order valence-electron chi connectivity index (χ4n) is 4.20. The van der Waals surface area contributed by atoms with Crippen LogP contribution in [0.1, 0.15) is 27.2 Å². The third-order valence-corrected chi connectivity index (χ3v) is 5.76. The molecule has 8 nitrogen and oxygen atoms in total. The Bertz CT molecular complexity index is 1350. The molecule has 4 aromatic rings. The summed E-state index contributed by atoms with van der Waals surface area (Å²) in [4.78, 5) is 12.5. The predicted molar refractivity (Wildman–Crippen MR) is 127 cm³/mol. The second kappa shape index (κ2) is 9.13. The molecule has 1 heterocycles. The number of methoxy groups -OCH3 is 2. The number of nitrogens with zero attached hydrogens (tertiary/aromatic N) is 2. The minimum Gasteiger partial charge on any atom is -0.493 e. The molecule has 1 amide bonds. The number of hydrogen-bond donors (Lipinski definition) is 2. The second-order valence-electron chi connectivity index (χ2n) is 7.59. The van der Waals surface area contributed by atoms with Gasteiger partial charge in [0.1, 0.15) is 5.69 Å². The van der Waals surface area contributed by atoms with Crippen LogP contribution in [0.15, 0.2) is 59.7 Å². The second-order valence-corrected chi connectivity index (χ2v) is 7.59. The van der Waals surface area contributed by atoms with Gasteiger partial charge in [-0.05, 0) is 64.6 Å². The fraction of sp³-hybridized carbons (Fsp3) is 0.160. The number of aromatic nitrogens is 2. The van der Waals surface area contributed by atoms with Gasteiger partial charge in [0.05, 0.1) is 26.1 Å². The maximum absolute atomic E-state index is 12.5. The molecule has 0 spiro atoms. The number of amides is 1. The maximum Gasteiger partial charge on any atom is 0.289 e. The van der Waals surface area contributed by atoms with E-state index in [0.29, 0.717) is 17.2 Å². The van der Waals surface area contributed by atoms with E-state index < -0.39 is 0 Å². The van der Waals surface area contributed by atoms with E-state index in [4.69, 9.17) is 9.47 Å². The number of H-pyrrole nitrogens is 1. The van der Waals surface area contributed by atoms with Crippen LogP contribution in [-0.2, 0) is 12.8 Å². The SMILES string of the molecule is COc1ccc(/C=N/NC(=O)c2cc(-c3ccc4c5c(cccc35)CC4)n[nH]2)cc1OC.O. The van der Waals surface area contributed by atoms with Crippen LogP contribution in [0.3, 0.4) is 0 Å². The van der Waals surface area contributed by atoms with Gasteiger partial charge in [-0.3, -0.25) is 9.89 Å². The maximum atomic E-state index is 12.5. The highest BCUT2D eigenvalue weighted by atomic mass is 16.5. The third-order valence-electron chi connectivity index (χ3n) is 5.76. The summed E-state index contributed by atoms with van der Waals surface area (Å²) in [6.07, 6.45) is 3.69. The number of rotatable bonds is 6. The molecule has 4 N–H and O–H groups in total. The molecular weight excluding hydrogens is 420 g/mol. The van der Waals surface area contributed by atoms with Crippen molar-refractivity contribution in [3.63, 3.8) is 0 Å². The van der Waals surface area contributed by atoms with Crippen molar-refractivity contribution in [1.29, 1.82) is 0 Å². The highest BCUT2D eigenvalue weighted by Crippen LogP contribution is 2.36. The molecule has 3 aromatic carbocycles. The average Bonchev–Trinajstić information content (AvgIpc) is 3.48. The van der Waals surface area contributed by atoms with Crippen LogP contribution < -0.4 is 14.9 Å². The van der Waals surface area contributed by atoms with Crippen LogP contribution in [0.2, 0.25) is 0 Å². The van der Waals surface area contributed by atoms with Gasteiger partial charge < -0.3 is 14.9 Å². The Hall–Kier alpha value is -4.17. The van der Waals surface area contributed by atoms with Gasteiger partial charge in [-0.2, -0.15) is 10.2 Å². The molecule has 1 aromatic heterocycles. The van der Waals surface area contributed by atoms with Crippen molar-refractivity contribution in [3.05, 3.63) is 77.0 Å². The van der Waals surface area contributed by atoms with Crippen LogP contribution in [-0.4, -0.2) is 42.0 Å². The molecule has 168 valence electrons. The Morgan fingerprint density at radius 1 is 1.03 bits per heavy atom. The molecule has 0 fully saturated rings. The van der Waals surface area contributed by atoms with Gasteiger partial charge in [-0.25, -0.2) is 5.43 Å². The van der Waals surface area contributed by atoms with Crippen molar-refractivity contribution in [2.24, 2.45) is 5.10 Å². The van der Waals surface area contributed by atoms with Crippen LogP contribution in [0.5, 0.6) is 11.5 Å². The van der Waals surface area contributed by atoms with E-state index in [1.807, 2.05) is 6.07 Å². The van der Waals surface area contributed by atoms with Gasteiger partial charge in [-0.1, -0.05) is 30.3 Å². The summed E-state index contributed by atoms with van der Waals surface area (Å²) >= 11 is 0. The van der Waals surface area contributed by atoms with Crippen molar-refractivity contribution in [1.82, 2.24) is 15.6 Å². The smallest absolute Gasteiger partial charge is 0.289 e. The molecule has 0 saturated carbocycles. The van der Waals surface area contributed by atoms with Crippen molar-refractivity contribution < 1.29 is 19.7 Å². The summed E-state index contributed by atoms with van der Waals surface area (Å²) < 4.78 is 10.5. The van der Waals surface area contributed by atoms with Gasteiger partial charge in [0.2, 0.25) is 0 Å². The van der Waals surface area contributed by atoms with Crippen LogP contribution in [0, 0.1) is 0 Å². The summed E-state index contributed by atoms with van der Waals surface area (Å²) in [6.45, 7) is 0. The standard InChI is InChI=1S/C25H22N4O3.H2O/c1-31-22-11-6-15(12-23(22)32-2)14-26-29-25(30)21-13-20(27-28-21)18-10-9-17-8-7-16-4-3-5-19(18)24(16)17;/h3-6,9-14H,7-8H2,1-2H3,(H,27,28)(H,29,30);1H2/b26-14+;. The molecule has 0 unspecified atom stereocenters. The number of carbonyl (C=O) groups is 1. The monoisotopic (exact) mass is 444 g/mol. The quantitative estimate of drug-likeness (QED) is 0.350. The number of aryl methyl sites for hydroxylation is 2. The Morgan fingerprint density at radius 3 is 2.61 bits per heavy atom. The summed E-state index contributed by atoms with van der Waals surface area (Å²) in [7, 11) is 3.15. The molecule has 8 heteroatoms. The molecule has 0 saturated heterocycles. The van der Waals surface area contributed by atoms with Gasteiger partial charge in [0.25, 0.3) is 5.91 Å². The highest BCUT2D eigenvalue weighted by Gasteiger charge is 2.18. The van der Waals surface area contributed by atoms with E-state index in [1.165, 1.54) is 21.9 Å². The molecule has 0 radical (unpaired) electrons. The number of nitrogens with one attached hydrogen (secondary N) is 2. The van der Waals surface area contributed by atoms with E-state index in [1.54, 1.807) is 38.6 Å². The lowest BCUT2D eigenvalue weighted by Crippen LogP contribution is -2.18. The Balaban J connectivity index is 0.00000259. The Morgan fingerprint density at radius 2 is 1.82 bits per heavy atom. The van der Waals surface area contributed by atoms with E-state index >= 15 is 0 Å². The van der Waals surface area contributed by atoms with Gasteiger partial charge in [0.15, 0.2) is 11.5 Å². The van der Waals surface area contributed by atoms with Gasteiger partial charge >= 0.3 is 0 Å². The zero-order valence-electron chi connectivity index (χ0n) is 18.3. The first kappa shape index (κ1) is 22.0. The lowest BCUT2D eigenvalue weighted by atomic mass is 9.98.